The maximum absolute atomic E-state index is 12.6. The number of likely N-dealkylation sites (N-methyl/N-ethyl adjacent to an activating group) is 1. The van der Waals surface area contributed by atoms with Gasteiger partial charge in [-0.1, -0.05) is 30.3 Å². The summed E-state index contributed by atoms with van der Waals surface area (Å²) in [7, 11) is 1.58. The highest BCUT2D eigenvalue weighted by molar-refractivity contribution is 5.96. The standard InChI is InChI=1S/C15H18F3NO2.C7H6O2/c1-13(21)8-3-9-14(19-2,12(13)20)10-4-6-11(7-5-10)15(16,17)18;8-7(9)6-4-2-1-3-5-6/h4-7,19,21H,3,8-9H2,1-2H3;1-5H,(H,8,9)/t13-,14+;/m0./s1. The van der Waals surface area contributed by atoms with Crippen LogP contribution in [0.3, 0.4) is 0 Å². The number of aliphatic hydroxyl groups is 1. The van der Waals surface area contributed by atoms with E-state index in [-0.39, 0.29) is 0 Å². The highest BCUT2D eigenvalue weighted by Gasteiger charge is 2.50. The van der Waals surface area contributed by atoms with Crippen LogP contribution in [0.15, 0.2) is 54.6 Å². The van der Waals surface area contributed by atoms with Gasteiger partial charge in [0.25, 0.3) is 0 Å². The minimum absolute atomic E-state index is 0.331. The largest absolute Gasteiger partial charge is 0.478 e. The van der Waals surface area contributed by atoms with Crippen molar-refractivity contribution >= 4 is 11.8 Å². The number of hydrogen-bond donors (Lipinski definition) is 3. The number of ketones is 1. The number of carboxylic acids is 1. The number of carbonyl (C=O) groups excluding carboxylic acids is 1. The molecule has 1 aliphatic carbocycles. The molecule has 1 aliphatic rings. The number of aromatic carboxylic acids is 1. The van der Waals surface area contributed by atoms with Crippen LogP contribution in [0.25, 0.3) is 0 Å². The Morgan fingerprint density at radius 1 is 1.03 bits per heavy atom. The first kappa shape index (κ1) is 23.6. The third-order valence-electron chi connectivity index (χ3n) is 5.24. The molecule has 0 aromatic heterocycles. The number of nitrogens with one attached hydrogen (secondary N) is 1. The Kier molecular flexibility index (Phi) is 7.05. The van der Waals surface area contributed by atoms with Gasteiger partial charge in [-0.2, -0.15) is 13.2 Å². The molecule has 0 saturated heterocycles. The van der Waals surface area contributed by atoms with Crippen molar-refractivity contribution < 1.29 is 33.0 Å². The molecule has 0 spiro atoms. The average molecular weight is 423 g/mol. The van der Waals surface area contributed by atoms with Crippen molar-refractivity contribution in [2.24, 2.45) is 0 Å². The summed E-state index contributed by atoms with van der Waals surface area (Å²) in [5.74, 6) is -1.28. The summed E-state index contributed by atoms with van der Waals surface area (Å²) in [5.41, 5.74) is -2.58. The van der Waals surface area contributed by atoms with E-state index in [0.29, 0.717) is 30.4 Å². The SMILES string of the molecule is CN[C@@]1(c2ccc(C(F)(F)F)cc2)CCC[C@](C)(O)C1=O.O=C(O)c1ccccc1. The average Bonchev–Trinajstić information content (AvgIpc) is 2.71. The number of alkyl halides is 3. The predicted octanol–water partition coefficient (Wildman–Crippen LogP) is 4.01. The van der Waals surface area contributed by atoms with Crippen molar-refractivity contribution in [1.29, 1.82) is 0 Å². The summed E-state index contributed by atoms with van der Waals surface area (Å²) in [6.07, 6.45) is -2.99. The zero-order valence-electron chi connectivity index (χ0n) is 16.7. The summed E-state index contributed by atoms with van der Waals surface area (Å²) < 4.78 is 37.8. The van der Waals surface area contributed by atoms with Gasteiger partial charge in [0, 0.05) is 0 Å². The van der Waals surface area contributed by atoms with E-state index in [1.54, 1.807) is 37.4 Å². The van der Waals surface area contributed by atoms with Gasteiger partial charge in [-0.15, -0.1) is 0 Å². The Labute approximate surface area is 172 Å². The molecule has 0 unspecified atom stereocenters. The van der Waals surface area contributed by atoms with Crippen LogP contribution in [-0.4, -0.2) is 34.6 Å². The second-order valence-corrected chi connectivity index (χ2v) is 7.36. The fourth-order valence-corrected chi connectivity index (χ4v) is 3.57. The smallest absolute Gasteiger partial charge is 0.416 e. The molecular weight excluding hydrogens is 399 g/mol. The van der Waals surface area contributed by atoms with E-state index in [0.717, 1.165) is 12.1 Å². The molecule has 0 radical (unpaired) electrons. The second-order valence-electron chi connectivity index (χ2n) is 7.36. The number of carboxylic acid groups (broad SMARTS) is 1. The van der Waals surface area contributed by atoms with Crippen LogP contribution in [0, 0.1) is 0 Å². The molecule has 1 saturated carbocycles. The number of halogens is 3. The zero-order chi connectivity index (χ0) is 22.6. The third kappa shape index (κ3) is 5.06. The zero-order valence-corrected chi connectivity index (χ0v) is 16.7. The van der Waals surface area contributed by atoms with Crippen molar-refractivity contribution in [3.8, 4) is 0 Å². The normalized spacial score (nSPS) is 24.0. The number of Topliss-reactive ketones (excluding diaryl/α,β-unsaturated/α-hetero) is 1. The second kappa shape index (κ2) is 8.97. The van der Waals surface area contributed by atoms with Crippen LogP contribution in [-0.2, 0) is 16.5 Å². The van der Waals surface area contributed by atoms with Crippen LogP contribution >= 0.6 is 0 Å². The molecule has 2 atom stereocenters. The molecule has 8 heteroatoms. The maximum atomic E-state index is 12.6. The van der Waals surface area contributed by atoms with Gasteiger partial charge in [-0.3, -0.25) is 4.79 Å². The maximum Gasteiger partial charge on any atom is 0.416 e. The first-order valence-electron chi connectivity index (χ1n) is 9.36. The molecule has 3 rings (SSSR count). The number of carbonyl (C=O) groups is 2. The summed E-state index contributed by atoms with van der Waals surface area (Å²) in [5, 5.41) is 21.5. The van der Waals surface area contributed by atoms with Crippen LogP contribution < -0.4 is 5.32 Å². The molecule has 2 aromatic carbocycles. The van der Waals surface area contributed by atoms with Gasteiger partial charge >= 0.3 is 12.1 Å². The Balaban J connectivity index is 0.000000297. The molecular formula is C22H24F3NO4. The van der Waals surface area contributed by atoms with Gasteiger partial charge in [0.2, 0.25) is 0 Å². The lowest BCUT2D eigenvalue weighted by Crippen LogP contribution is -2.59. The Morgan fingerprint density at radius 3 is 2.03 bits per heavy atom. The minimum atomic E-state index is -4.41. The molecule has 0 heterocycles. The highest BCUT2D eigenvalue weighted by atomic mass is 19.4. The number of rotatable bonds is 3. The van der Waals surface area contributed by atoms with E-state index in [4.69, 9.17) is 5.11 Å². The fourth-order valence-electron chi connectivity index (χ4n) is 3.57. The molecule has 5 nitrogen and oxygen atoms in total. The topological polar surface area (TPSA) is 86.6 Å². The highest BCUT2D eigenvalue weighted by Crippen LogP contribution is 2.39. The van der Waals surface area contributed by atoms with Crippen molar-refractivity contribution in [3.05, 3.63) is 71.3 Å². The van der Waals surface area contributed by atoms with Gasteiger partial charge < -0.3 is 15.5 Å². The van der Waals surface area contributed by atoms with E-state index in [1.807, 2.05) is 0 Å². The molecule has 30 heavy (non-hydrogen) atoms. The molecule has 0 amide bonds. The lowest BCUT2D eigenvalue weighted by molar-refractivity contribution is -0.148. The van der Waals surface area contributed by atoms with E-state index < -0.39 is 34.6 Å². The van der Waals surface area contributed by atoms with E-state index in [9.17, 15) is 27.9 Å². The van der Waals surface area contributed by atoms with Crippen molar-refractivity contribution in [2.45, 2.75) is 43.5 Å². The molecule has 1 fully saturated rings. The van der Waals surface area contributed by atoms with Crippen LogP contribution in [0.4, 0.5) is 13.2 Å². The van der Waals surface area contributed by atoms with Gasteiger partial charge in [0.1, 0.15) is 11.1 Å². The quantitative estimate of drug-likeness (QED) is 0.695. The summed E-state index contributed by atoms with van der Waals surface area (Å²) in [4.78, 5) is 22.7. The van der Waals surface area contributed by atoms with Crippen LogP contribution in [0.5, 0.6) is 0 Å². The van der Waals surface area contributed by atoms with Gasteiger partial charge in [-0.25, -0.2) is 4.79 Å². The monoisotopic (exact) mass is 423 g/mol. The minimum Gasteiger partial charge on any atom is -0.478 e. The third-order valence-corrected chi connectivity index (χ3v) is 5.24. The Hall–Kier alpha value is -2.71. The van der Waals surface area contributed by atoms with Gasteiger partial charge in [0.05, 0.1) is 11.1 Å². The fraction of sp³-hybridized carbons (Fsp3) is 0.364. The molecule has 2 aromatic rings. The molecule has 162 valence electrons. The molecule has 0 aliphatic heterocycles. The predicted molar refractivity (Wildman–Crippen MR) is 105 cm³/mol. The number of hydrogen-bond acceptors (Lipinski definition) is 4. The van der Waals surface area contributed by atoms with Crippen molar-refractivity contribution in [2.75, 3.05) is 7.05 Å². The van der Waals surface area contributed by atoms with E-state index in [1.165, 1.54) is 19.1 Å². The van der Waals surface area contributed by atoms with E-state index >= 15 is 0 Å². The van der Waals surface area contributed by atoms with Crippen molar-refractivity contribution in [3.63, 3.8) is 0 Å². The summed E-state index contributed by atoms with van der Waals surface area (Å²) in [6.45, 7) is 1.45. The number of benzene rings is 2. The van der Waals surface area contributed by atoms with Crippen molar-refractivity contribution in [1.82, 2.24) is 5.32 Å². The van der Waals surface area contributed by atoms with E-state index in [2.05, 4.69) is 5.32 Å². The lowest BCUT2D eigenvalue weighted by atomic mass is 9.69. The van der Waals surface area contributed by atoms with Gasteiger partial charge in [-0.05, 0) is 63.1 Å². The molecule has 0 bridgehead atoms. The lowest BCUT2D eigenvalue weighted by Gasteiger charge is -2.42. The first-order chi connectivity index (χ1) is 13.9. The summed E-state index contributed by atoms with van der Waals surface area (Å²) >= 11 is 0. The summed E-state index contributed by atoms with van der Waals surface area (Å²) in [6, 6.07) is 12.8. The molecule has 3 N–H and O–H groups in total. The van der Waals surface area contributed by atoms with Gasteiger partial charge in [0.15, 0.2) is 5.78 Å². The first-order valence-corrected chi connectivity index (χ1v) is 9.36. The van der Waals surface area contributed by atoms with Crippen LogP contribution in [0.1, 0.15) is 47.7 Å². The van der Waals surface area contributed by atoms with Crippen LogP contribution in [0.2, 0.25) is 0 Å². The Morgan fingerprint density at radius 2 is 1.60 bits per heavy atom. The Bertz CT molecular complexity index is 880.